The van der Waals surface area contributed by atoms with Crippen molar-refractivity contribution in [1.82, 2.24) is 10.1 Å². The van der Waals surface area contributed by atoms with Crippen LogP contribution in [0.15, 0.2) is 27.2 Å². The maximum absolute atomic E-state index is 5.09. The number of nitrogens with zero attached hydrogens (tertiary/aromatic N) is 2. The number of hydrogen-bond acceptors (Lipinski definition) is 3. The fraction of sp³-hybridized carbons (Fsp3) is 0.111. The maximum Gasteiger partial charge on any atom is 0.259 e. The fourth-order valence-electron chi connectivity index (χ4n) is 1.08. The second kappa shape index (κ2) is 3.98. The minimum atomic E-state index is 0.549. The standard InChI is InChI=1S/C9H6BrIN2O/c1-5-12-9(14-13-5)6-3-2-4-7(11)8(6)10/h2-4H,1H3. The molecule has 0 radical (unpaired) electrons. The predicted molar refractivity (Wildman–Crippen MR) is 64.9 cm³/mol. The molecule has 0 aliphatic rings. The average molecular weight is 365 g/mol. The molecule has 0 N–H and O–H groups in total. The smallest absolute Gasteiger partial charge is 0.259 e. The van der Waals surface area contributed by atoms with Crippen LogP contribution in [0.4, 0.5) is 0 Å². The predicted octanol–water partition coefficient (Wildman–Crippen LogP) is 3.41. The van der Waals surface area contributed by atoms with Crippen molar-refractivity contribution in [1.29, 1.82) is 0 Å². The molecule has 0 saturated heterocycles. The van der Waals surface area contributed by atoms with Crippen LogP contribution >= 0.6 is 38.5 Å². The van der Waals surface area contributed by atoms with Gasteiger partial charge in [-0.25, -0.2) is 0 Å². The molecule has 3 nitrogen and oxygen atoms in total. The van der Waals surface area contributed by atoms with E-state index in [2.05, 4.69) is 48.7 Å². The molecular weight excluding hydrogens is 359 g/mol. The molecule has 0 bridgehead atoms. The normalized spacial score (nSPS) is 10.5. The zero-order valence-electron chi connectivity index (χ0n) is 7.29. The molecule has 5 heteroatoms. The Morgan fingerprint density at radius 2 is 2.21 bits per heavy atom. The summed E-state index contributed by atoms with van der Waals surface area (Å²) in [5.41, 5.74) is 0.928. The van der Waals surface area contributed by atoms with Gasteiger partial charge in [-0.2, -0.15) is 4.98 Å². The summed E-state index contributed by atoms with van der Waals surface area (Å²) in [6.45, 7) is 1.80. The summed E-state index contributed by atoms with van der Waals surface area (Å²) in [4.78, 5) is 4.17. The SMILES string of the molecule is Cc1noc(-c2cccc(I)c2Br)n1. The van der Waals surface area contributed by atoms with Gasteiger partial charge < -0.3 is 4.52 Å². The van der Waals surface area contributed by atoms with Gasteiger partial charge >= 0.3 is 0 Å². The first-order chi connectivity index (χ1) is 6.68. The Balaban J connectivity index is 2.57. The lowest BCUT2D eigenvalue weighted by atomic mass is 10.2. The maximum atomic E-state index is 5.09. The molecule has 0 aliphatic heterocycles. The number of aromatic nitrogens is 2. The van der Waals surface area contributed by atoms with Crippen molar-refractivity contribution in [3.63, 3.8) is 0 Å². The molecule has 0 saturated carbocycles. The van der Waals surface area contributed by atoms with Gasteiger partial charge in [0.25, 0.3) is 5.89 Å². The van der Waals surface area contributed by atoms with Crippen LogP contribution in [0.1, 0.15) is 5.82 Å². The summed E-state index contributed by atoms with van der Waals surface area (Å²) in [5.74, 6) is 1.19. The lowest BCUT2D eigenvalue weighted by Crippen LogP contribution is -1.83. The van der Waals surface area contributed by atoms with Crippen molar-refractivity contribution in [3.05, 3.63) is 32.1 Å². The van der Waals surface area contributed by atoms with Crippen molar-refractivity contribution in [2.75, 3.05) is 0 Å². The highest BCUT2D eigenvalue weighted by atomic mass is 127. The van der Waals surface area contributed by atoms with Crippen LogP contribution in [-0.4, -0.2) is 10.1 Å². The Kier molecular flexibility index (Phi) is 2.87. The molecule has 2 rings (SSSR count). The second-order valence-electron chi connectivity index (χ2n) is 2.75. The third-order valence-corrected chi connectivity index (χ3v) is 4.20. The van der Waals surface area contributed by atoms with Gasteiger partial charge in [0.1, 0.15) is 0 Å². The van der Waals surface area contributed by atoms with E-state index in [1.165, 1.54) is 0 Å². The molecule has 2 aromatic rings. The second-order valence-corrected chi connectivity index (χ2v) is 4.70. The first-order valence-corrected chi connectivity index (χ1v) is 5.80. The molecule has 72 valence electrons. The van der Waals surface area contributed by atoms with E-state index in [4.69, 9.17) is 4.52 Å². The Morgan fingerprint density at radius 1 is 1.43 bits per heavy atom. The minimum Gasteiger partial charge on any atom is -0.334 e. The highest BCUT2D eigenvalue weighted by Gasteiger charge is 2.11. The summed E-state index contributed by atoms with van der Waals surface area (Å²) >= 11 is 5.74. The van der Waals surface area contributed by atoms with Gasteiger partial charge in [0.2, 0.25) is 0 Å². The molecule has 0 amide bonds. The summed E-state index contributed by atoms with van der Waals surface area (Å²) in [6, 6.07) is 5.91. The van der Waals surface area contributed by atoms with Gasteiger partial charge in [0.05, 0.1) is 5.56 Å². The Morgan fingerprint density at radius 3 is 2.86 bits per heavy atom. The zero-order valence-corrected chi connectivity index (χ0v) is 11.0. The lowest BCUT2D eigenvalue weighted by molar-refractivity contribution is 0.425. The molecule has 0 unspecified atom stereocenters. The molecule has 0 spiro atoms. The van der Waals surface area contributed by atoms with E-state index in [9.17, 15) is 0 Å². The average Bonchev–Trinajstić information content (AvgIpc) is 2.57. The van der Waals surface area contributed by atoms with Crippen LogP contribution in [0.3, 0.4) is 0 Å². The Labute approximate surface area is 103 Å². The van der Waals surface area contributed by atoms with Gasteiger partial charge in [0.15, 0.2) is 5.82 Å². The van der Waals surface area contributed by atoms with E-state index in [1.54, 1.807) is 6.92 Å². The zero-order chi connectivity index (χ0) is 10.1. The van der Waals surface area contributed by atoms with Crippen molar-refractivity contribution < 1.29 is 4.52 Å². The van der Waals surface area contributed by atoms with Gasteiger partial charge in [0, 0.05) is 8.04 Å². The summed E-state index contributed by atoms with van der Waals surface area (Å²) < 4.78 is 7.20. The van der Waals surface area contributed by atoms with Crippen LogP contribution in [0.5, 0.6) is 0 Å². The minimum absolute atomic E-state index is 0.549. The fourth-order valence-corrected chi connectivity index (χ4v) is 2.01. The summed E-state index contributed by atoms with van der Waals surface area (Å²) in [5, 5.41) is 3.75. The van der Waals surface area contributed by atoms with Crippen LogP contribution in [-0.2, 0) is 0 Å². The molecule has 0 atom stereocenters. The van der Waals surface area contributed by atoms with Crippen LogP contribution in [0.2, 0.25) is 0 Å². The van der Waals surface area contributed by atoms with E-state index in [1.807, 2.05) is 18.2 Å². The van der Waals surface area contributed by atoms with E-state index in [-0.39, 0.29) is 0 Å². The van der Waals surface area contributed by atoms with Crippen LogP contribution in [0.25, 0.3) is 11.5 Å². The van der Waals surface area contributed by atoms with Crippen molar-refractivity contribution >= 4 is 38.5 Å². The number of hydrogen-bond donors (Lipinski definition) is 0. The van der Waals surface area contributed by atoms with Crippen molar-refractivity contribution in [3.8, 4) is 11.5 Å². The number of rotatable bonds is 1. The third kappa shape index (κ3) is 1.83. The monoisotopic (exact) mass is 364 g/mol. The molecule has 0 aliphatic carbocycles. The van der Waals surface area contributed by atoms with Crippen molar-refractivity contribution in [2.24, 2.45) is 0 Å². The molecular formula is C9H6BrIN2O. The molecule has 0 fully saturated rings. The quantitative estimate of drug-likeness (QED) is 0.728. The third-order valence-electron chi connectivity index (χ3n) is 1.71. The largest absolute Gasteiger partial charge is 0.334 e. The van der Waals surface area contributed by atoms with Gasteiger partial charge in [-0.05, 0) is 57.6 Å². The number of aryl methyl sites for hydroxylation is 1. The van der Waals surface area contributed by atoms with Gasteiger partial charge in [-0.15, -0.1) is 0 Å². The van der Waals surface area contributed by atoms with Crippen molar-refractivity contribution in [2.45, 2.75) is 6.92 Å². The van der Waals surface area contributed by atoms with Crippen LogP contribution < -0.4 is 0 Å². The first-order valence-electron chi connectivity index (χ1n) is 3.93. The van der Waals surface area contributed by atoms with E-state index in [0.29, 0.717) is 11.7 Å². The highest BCUT2D eigenvalue weighted by Crippen LogP contribution is 2.30. The van der Waals surface area contributed by atoms with Gasteiger partial charge in [-0.1, -0.05) is 11.2 Å². The Hall–Kier alpha value is -0.430. The van der Waals surface area contributed by atoms with E-state index >= 15 is 0 Å². The number of halogens is 2. The molecule has 1 aromatic carbocycles. The lowest BCUT2D eigenvalue weighted by Gasteiger charge is -2.00. The summed E-state index contributed by atoms with van der Waals surface area (Å²) in [6.07, 6.45) is 0. The summed E-state index contributed by atoms with van der Waals surface area (Å²) in [7, 11) is 0. The van der Waals surface area contributed by atoms with E-state index in [0.717, 1.165) is 13.6 Å². The molecule has 1 heterocycles. The highest BCUT2D eigenvalue weighted by molar-refractivity contribution is 14.1. The number of benzene rings is 1. The van der Waals surface area contributed by atoms with Gasteiger partial charge in [-0.3, -0.25) is 0 Å². The molecule has 14 heavy (non-hydrogen) atoms. The Bertz CT molecular complexity index is 470. The van der Waals surface area contributed by atoms with E-state index < -0.39 is 0 Å². The first kappa shape index (κ1) is 10.1. The topological polar surface area (TPSA) is 38.9 Å². The van der Waals surface area contributed by atoms with Crippen LogP contribution in [0, 0.1) is 10.5 Å². The molecule has 1 aromatic heterocycles.